The zero-order chi connectivity index (χ0) is 12.8. The van der Waals surface area contributed by atoms with Crippen LogP contribution >= 0.6 is 0 Å². The Labute approximate surface area is 110 Å². The van der Waals surface area contributed by atoms with Crippen LogP contribution in [0.1, 0.15) is 44.6 Å². The molecule has 1 aliphatic heterocycles. The highest BCUT2D eigenvalue weighted by atomic mass is 15.2. The molecular weight excluding hydrogens is 220 g/mol. The first-order valence-electron chi connectivity index (χ1n) is 7.01. The second-order valence-electron chi connectivity index (χ2n) is 5.26. The second kappa shape index (κ2) is 6.02. The van der Waals surface area contributed by atoms with Crippen molar-refractivity contribution in [1.29, 1.82) is 5.26 Å². The monoisotopic (exact) mass is 242 g/mol. The number of nitriles is 1. The molecule has 1 fully saturated rings. The van der Waals surface area contributed by atoms with Crippen LogP contribution in [0.25, 0.3) is 0 Å². The minimum Gasteiger partial charge on any atom is -0.281 e. The molecule has 0 bridgehead atoms. The average Bonchev–Trinajstić information content (AvgIpc) is 2.81. The number of likely N-dealkylation sites (tertiary alicyclic amines) is 1. The Morgan fingerprint density at radius 1 is 1.33 bits per heavy atom. The molecule has 1 atom stereocenters. The third kappa shape index (κ3) is 2.73. The minimum absolute atomic E-state index is 0.203. The fourth-order valence-corrected chi connectivity index (χ4v) is 2.90. The van der Waals surface area contributed by atoms with Gasteiger partial charge in [-0.1, -0.05) is 50.1 Å². The number of hydrogen-bond acceptors (Lipinski definition) is 2. The zero-order valence-electron chi connectivity index (χ0n) is 11.2. The smallest absolute Gasteiger partial charge is 0.109 e. The van der Waals surface area contributed by atoms with E-state index in [2.05, 4.69) is 42.2 Å². The summed E-state index contributed by atoms with van der Waals surface area (Å²) in [5.41, 5.74) is 1.11. The summed E-state index contributed by atoms with van der Waals surface area (Å²) >= 11 is 0. The molecule has 0 spiro atoms. The van der Waals surface area contributed by atoms with Crippen LogP contribution < -0.4 is 0 Å². The Morgan fingerprint density at radius 3 is 2.78 bits per heavy atom. The van der Waals surface area contributed by atoms with E-state index in [-0.39, 0.29) is 5.54 Å². The molecule has 2 heteroatoms. The molecule has 1 aromatic rings. The maximum Gasteiger partial charge on any atom is 0.109 e. The van der Waals surface area contributed by atoms with Crippen molar-refractivity contribution in [3.63, 3.8) is 0 Å². The highest BCUT2D eigenvalue weighted by Crippen LogP contribution is 2.34. The summed E-state index contributed by atoms with van der Waals surface area (Å²) in [5.74, 6) is 0. The third-order valence-corrected chi connectivity index (χ3v) is 3.99. The van der Waals surface area contributed by atoms with Crippen molar-refractivity contribution in [2.45, 2.75) is 51.1 Å². The van der Waals surface area contributed by atoms with Crippen LogP contribution in [-0.2, 0) is 6.54 Å². The summed E-state index contributed by atoms with van der Waals surface area (Å²) in [6.07, 6.45) is 5.54. The first kappa shape index (κ1) is 13.1. The Hall–Kier alpha value is -1.33. The summed E-state index contributed by atoms with van der Waals surface area (Å²) in [7, 11) is 0. The fourth-order valence-electron chi connectivity index (χ4n) is 2.90. The van der Waals surface area contributed by atoms with Gasteiger partial charge in [-0.25, -0.2) is 0 Å². The van der Waals surface area contributed by atoms with E-state index in [1.807, 2.05) is 6.07 Å². The summed E-state index contributed by atoms with van der Waals surface area (Å²) in [6, 6.07) is 13.1. The second-order valence-corrected chi connectivity index (χ2v) is 5.26. The standard InChI is InChI=1S/C16H22N2/c1-2-3-10-16(14-17)11-7-12-18(16)13-15-8-5-4-6-9-15/h4-6,8-9H,2-3,7,10-13H2,1H3. The van der Waals surface area contributed by atoms with Crippen molar-refractivity contribution in [3.8, 4) is 6.07 Å². The van der Waals surface area contributed by atoms with Gasteiger partial charge in [0.15, 0.2) is 0 Å². The Bertz CT molecular complexity index is 407. The molecule has 2 nitrogen and oxygen atoms in total. The van der Waals surface area contributed by atoms with Crippen LogP contribution in [-0.4, -0.2) is 17.0 Å². The summed E-state index contributed by atoms with van der Waals surface area (Å²) < 4.78 is 0. The number of hydrogen-bond donors (Lipinski definition) is 0. The lowest BCUT2D eigenvalue weighted by Gasteiger charge is -2.32. The van der Waals surface area contributed by atoms with Gasteiger partial charge in [0.25, 0.3) is 0 Å². The number of rotatable bonds is 5. The van der Waals surface area contributed by atoms with E-state index in [4.69, 9.17) is 0 Å². The van der Waals surface area contributed by atoms with Gasteiger partial charge in [0, 0.05) is 13.1 Å². The van der Waals surface area contributed by atoms with Crippen molar-refractivity contribution >= 4 is 0 Å². The predicted molar refractivity (Wildman–Crippen MR) is 74.0 cm³/mol. The van der Waals surface area contributed by atoms with Crippen LogP contribution in [0, 0.1) is 11.3 Å². The van der Waals surface area contributed by atoms with E-state index in [1.54, 1.807) is 0 Å². The zero-order valence-corrected chi connectivity index (χ0v) is 11.2. The largest absolute Gasteiger partial charge is 0.281 e. The van der Waals surface area contributed by atoms with Gasteiger partial charge in [-0.3, -0.25) is 4.90 Å². The van der Waals surface area contributed by atoms with Crippen LogP contribution in [0.4, 0.5) is 0 Å². The van der Waals surface area contributed by atoms with Gasteiger partial charge >= 0.3 is 0 Å². The Kier molecular flexibility index (Phi) is 4.38. The molecule has 0 radical (unpaired) electrons. The summed E-state index contributed by atoms with van der Waals surface area (Å²) in [5, 5.41) is 9.60. The molecule has 1 saturated heterocycles. The van der Waals surface area contributed by atoms with E-state index in [9.17, 15) is 5.26 Å². The topological polar surface area (TPSA) is 27.0 Å². The molecule has 0 amide bonds. The third-order valence-electron chi connectivity index (χ3n) is 3.99. The normalized spacial score (nSPS) is 24.0. The number of benzene rings is 1. The van der Waals surface area contributed by atoms with Crippen LogP contribution in [0.3, 0.4) is 0 Å². The lowest BCUT2D eigenvalue weighted by molar-refractivity contribution is 0.169. The highest BCUT2D eigenvalue weighted by molar-refractivity contribution is 5.18. The van der Waals surface area contributed by atoms with E-state index in [0.29, 0.717) is 0 Å². The van der Waals surface area contributed by atoms with E-state index < -0.39 is 0 Å². The van der Waals surface area contributed by atoms with Gasteiger partial charge in [0.1, 0.15) is 5.54 Å². The van der Waals surface area contributed by atoms with E-state index in [0.717, 1.165) is 38.8 Å². The van der Waals surface area contributed by atoms with Crippen molar-refractivity contribution in [2.24, 2.45) is 0 Å². The quantitative estimate of drug-likeness (QED) is 0.786. The summed E-state index contributed by atoms with van der Waals surface area (Å²) in [6.45, 7) is 4.17. The lowest BCUT2D eigenvalue weighted by atomic mass is 9.91. The first-order valence-corrected chi connectivity index (χ1v) is 7.01. The van der Waals surface area contributed by atoms with Gasteiger partial charge in [-0.05, 0) is 24.8 Å². The molecule has 0 N–H and O–H groups in total. The van der Waals surface area contributed by atoms with Gasteiger partial charge in [0.05, 0.1) is 6.07 Å². The lowest BCUT2D eigenvalue weighted by Crippen LogP contribution is -2.42. The number of nitrogens with zero attached hydrogens (tertiary/aromatic N) is 2. The molecular formula is C16H22N2. The molecule has 0 aromatic heterocycles. The Morgan fingerprint density at radius 2 is 2.11 bits per heavy atom. The van der Waals surface area contributed by atoms with Crippen LogP contribution in [0.15, 0.2) is 30.3 Å². The molecule has 0 saturated carbocycles. The first-order chi connectivity index (χ1) is 8.80. The summed E-state index contributed by atoms with van der Waals surface area (Å²) in [4.78, 5) is 2.39. The predicted octanol–water partition coefficient (Wildman–Crippen LogP) is 3.73. The van der Waals surface area contributed by atoms with Crippen molar-refractivity contribution in [1.82, 2.24) is 4.90 Å². The highest BCUT2D eigenvalue weighted by Gasteiger charge is 2.40. The average molecular weight is 242 g/mol. The molecule has 0 aliphatic carbocycles. The SMILES string of the molecule is CCCCC1(C#N)CCCN1Cc1ccccc1. The minimum atomic E-state index is -0.203. The fraction of sp³-hybridized carbons (Fsp3) is 0.562. The van der Waals surface area contributed by atoms with Gasteiger partial charge < -0.3 is 0 Å². The van der Waals surface area contributed by atoms with Crippen molar-refractivity contribution in [2.75, 3.05) is 6.54 Å². The van der Waals surface area contributed by atoms with E-state index in [1.165, 1.54) is 12.0 Å². The molecule has 1 unspecified atom stereocenters. The van der Waals surface area contributed by atoms with Crippen LogP contribution in [0.2, 0.25) is 0 Å². The molecule has 18 heavy (non-hydrogen) atoms. The van der Waals surface area contributed by atoms with E-state index >= 15 is 0 Å². The van der Waals surface area contributed by atoms with Crippen LogP contribution in [0.5, 0.6) is 0 Å². The molecule has 2 rings (SSSR count). The maximum absolute atomic E-state index is 9.60. The Balaban J connectivity index is 2.09. The van der Waals surface area contributed by atoms with Crippen molar-refractivity contribution in [3.05, 3.63) is 35.9 Å². The van der Waals surface area contributed by atoms with Gasteiger partial charge in [-0.15, -0.1) is 0 Å². The van der Waals surface area contributed by atoms with Gasteiger partial charge in [0.2, 0.25) is 0 Å². The molecule has 1 heterocycles. The molecule has 1 aliphatic rings. The van der Waals surface area contributed by atoms with Crippen molar-refractivity contribution < 1.29 is 0 Å². The van der Waals surface area contributed by atoms with Gasteiger partial charge in [-0.2, -0.15) is 5.26 Å². The number of unbranched alkanes of at least 4 members (excludes halogenated alkanes) is 1. The molecule has 96 valence electrons. The maximum atomic E-state index is 9.60. The molecule has 1 aromatic carbocycles.